The highest BCUT2D eigenvalue weighted by atomic mass is 32.2. The van der Waals surface area contributed by atoms with Gasteiger partial charge in [0.15, 0.2) is 0 Å². The predicted molar refractivity (Wildman–Crippen MR) is 64.6 cm³/mol. The van der Waals surface area contributed by atoms with Gasteiger partial charge in [-0.25, -0.2) is 0 Å². The largest absolute Gasteiger partial charge is 0.324 e. The Kier molecular flexibility index (Phi) is 4.49. The van der Waals surface area contributed by atoms with Gasteiger partial charge in [0.1, 0.15) is 0 Å². The van der Waals surface area contributed by atoms with Gasteiger partial charge in [-0.2, -0.15) is 0 Å². The quantitative estimate of drug-likeness (QED) is 0.769. The second-order valence-corrected chi connectivity index (χ2v) is 4.56. The van der Waals surface area contributed by atoms with Crippen LogP contribution >= 0.6 is 11.8 Å². The zero-order chi connectivity index (χ0) is 10.6. The van der Waals surface area contributed by atoms with E-state index < -0.39 is 0 Å². The van der Waals surface area contributed by atoms with Crippen molar-refractivity contribution in [3.05, 3.63) is 29.8 Å². The van der Waals surface area contributed by atoms with Crippen LogP contribution in [0.4, 0.5) is 0 Å². The summed E-state index contributed by atoms with van der Waals surface area (Å²) in [6.45, 7) is 4.38. The average molecular weight is 209 g/mol. The fourth-order valence-corrected chi connectivity index (χ4v) is 1.82. The molecule has 0 amide bonds. The van der Waals surface area contributed by atoms with E-state index in [1.807, 2.05) is 0 Å². The van der Waals surface area contributed by atoms with Gasteiger partial charge < -0.3 is 5.73 Å². The summed E-state index contributed by atoms with van der Waals surface area (Å²) in [6.07, 6.45) is 3.22. The summed E-state index contributed by atoms with van der Waals surface area (Å²) in [7, 11) is 0. The third-order valence-electron chi connectivity index (χ3n) is 2.76. The number of hydrogen-bond donors (Lipinski definition) is 1. The summed E-state index contributed by atoms with van der Waals surface area (Å²) in [5.41, 5.74) is 7.38. The van der Waals surface area contributed by atoms with Gasteiger partial charge in [-0.05, 0) is 29.9 Å². The molecule has 78 valence electrons. The molecule has 0 heterocycles. The maximum atomic E-state index is 6.13. The van der Waals surface area contributed by atoms with Crippen molar-refractivity contribution < 1.29 is 0 Å². The molecule has 0 bridgehead atoms. The number of hydrogen-bond acceptors (Lipinski definition) is 2. The van der Waals surface area contributed by atoms with E-state index in [1.165, 1.54) is 10.5 Å². The molecule has 1 aromatic rings. The first-order chi connectivity index (χ1) is 6.69. The molecule has 1 nitrogen and oxygen atoms in total. The Hall–Kier alpha value is -0.470. The Morgan fingerprint density at radius 1 is 1.29 bits per heavy atom. The summed E-state index contributed by atoms with van der Waals surface area (Å²) in [4.78, 5) is 1.30. The molecule has 1 aromatic carbocycles. The third-order valence-corrected chi connectivity index (χ3v) is 3.50. The number of nitrogens with two attached hydrogens (primary N) is 1. The number of benzene rings is 1. The molecule has 2 N–H and O–H groups in total. The molecule has 0 saturated carbocycles. The molecule has 0 aliphatic rings. The first-order valence-electron chi connectivity index (χ1n) is 5.08. The summed E-state index contributed by atoms with van der Waals surface area (Å²) >= 11 is 1.76. The molecule has 0 saturated heterocycles. The SMILES string of the molecule is CCC(C)[C@H](N)c1ccc(SC)cc1. The lowest BCUT2D eigenvalue weighted by Crippen LogP contribution is -2.18. The third kappa shape index (κ3) is 2.76. The van der Waals surface area contributed by atoms with Crippen molar-refractivity contribution in [2.45, 2.75) is 31.2 Å². The van der Waals surface area contributed by atoms with Crippen LogP contribution in [-0.2, 0) is 0 Å². The molecular weight excluding hydrogens is 190 g/mol. The van der Waals surface area contributed by atoms with Crippen molar-refractivity contribution in [1.82, 2.24) is 0 Å². The van der Waals surface area contributed by atoms with Gasteiger partial charge in [-0.1, -0.05) is 32.4 Å². The van der Waals surface area contributed by atoms with Crippen molar-refractivity contribution in [1.29, 1.82) is 0 Å². The standard InChI is InChI=1S/C12H19NS/c1-4-9(2)12(13)10-5-7-11(14-3)8-6-10/h5-9,12H,4,13H2,1-3H3/t9?,12-/m0/s1. The van der Waals surface area contributed by atoms with E-state index in [0.29, 0.717) is 5.92 Å². The fraction of sp³-hybridized carbons (Fsp3) is 0.500. The number of rotatable bonds is 4. The molecule has 0 aromatic heterocycles. The van der Waals surface area contributed by atoms with E-state index in [1.54, 1.807) is 11.8 Å². The van der Waals surface area contributed by atoms with Crippen LogP contribution in [0.2, 0.25) is 0 Å². The molecule has 2 atom stereocenters. The molecule has 0 radical (unpaired) electrons. The second kappa shape index (κ2) is 5.42. The number of thioether (sulfide) groups is 1. The molecule has 0 fully saturated rings. The summed E-state index contributed by atoms with van der Waals surface area (Å²) in [5, 5.41) is 0. The van der Waals surface area contributed by atoms with E-state index in [-0.39, 0.29) is 6.04 Å². The predicted octanol–water partition coefficient (Wildman–Crippen LogP) is 3.45. The summed E-state index contributed by atoms with van der Waals surface area (Å²) in [5.74, 6) is 0.551. The Morgan fingerprint density at radius 3 is 2.29 bits per heavy atom. The summed E-state index contributed by atoms with van der Waals surface area (Å²) < 4.78 is 0. The molecule has 1 rings (SSSR count). The highest BCUT2D eigenvalue weighted by Gasteiger charge is 2.12. The van der Waals surface area contributed by atoms with Crippen LogP contribution in [0.5, 0.6) is 0 Å². The van der Waals surface area contributed by atoms with Crippen LogP contribution in [0.25, 0.3) is 0 Å². The molecular formula is C12H19NS. The maximum Gasteiger partial charge on any atom is 0.0320 e. The molecule has 0 aliphatic heterocycles. The van der Waals surface area contributed by atoms with E-state index >= 15 is 0 Å². The first-order valence-corrected chi connectivity index (χ1v) is 6.31. The van der Waals surface area contributed by atoms with Crippen LogP contribution in [0.15, 0.2) is 29.2 Å². The topological polar surface area (TPSA) is 26.0 Å². The minimum Gasteiger partial charge on any atom is -0.324 e. The Bertz CT molecular complexity index is 268. The molecule has 0 aliphatic carbocycles. The Labute approximate surface area is 91.1 Å². The van der Waals surface area contributed by atoms with Gasteiger partial charge in [0.2, 0.25) is 0 Å². The van der Waals surface area contributed by atoms with Crippen molar-refractivity contribution in [3.63, 3.8) is 0 Å². The molecule has 14 heavy (non-hydrogen) atoms. The van der Waals surface area contributed by atoms with E-state index in [0.717, 1.165) is 6.42 Å². The van der Waals surface area contributed by atoms with Gasteiger partial charge in [-0.3, -0.25) is 0 Å². The second-order valence-electron chi connectivity index (χ2n) is 3.68. The molecule has 0 spiro atoms. The van der Waals surface area contributed by atoms with Crippen molar-refractivity contribution in [3.8, 4) is 0 Å². The maximum absolute atomic E-state index is 6.13. The lowest BCUT2D eigenvalue weighted by molar-refractivity contribution is 0.456. The van der Waals surface area contributed by atoms with E-state index in [9.17, 15) is 0 Å². The fourth-order valence-electron chi connectivity index (χ4n) is 1.41. The lowest BCUT2D eigenvalue weighted by atomic mass is 9.93. The van der Waals surface area contributed by atoms with Crippen molar-refractivity contribution >= 4 is 11.8 Å². The summed E-state index contributed by atoms with van der Waals surface area (Å²) in [6, 6.07) is 8.74. The van der Waals surface area contributed by atoms with Crippen LogP contribution < -0.4 is 5.73 Å². The van der Waals surface area contributed by atoms with Gasteiger partial charge in [0, 0.05) is 10.9 Å². The zero-order valence-electron chi connectivity index (χ0n) is 9.16. The Balaban J connectivity index is 2.75. The van der Waals surface area contributed by atoms with Gasteiger partial charge in [-0.15, -0.1) is 11.8 Å². The highest BCUT2D eigenvalue weighted by molar-refractivity contribution is 7.98. The lowest BCUT2D eigenvalue weighted by Gasteiger charge is -2.18. The Morgan fingerprint density at radius 2 is 1.86 bits per heavy atom. The zero-order valence-corrected chi connectivity index (χ0v) is 9.97. The first kappa shape index (κ1) is 11.6. The van der Waals surface area contributed by atoms with Crippen LogP contribution in [0.3, 0.4) is 0 Å². The smallest absolute Gasteiger partial charge is 0.0320 e. The van der Waals surface area contributed by atoms with Gasteiger partial charge in [0.25, 0.3) is 0 Å². The van der Waals surface area contributed by atoms with E-state index in [4.69, 9.17) is 5.73 Å². The molecule has 1 unspecified atom stereocenters. The van der Waals surface area contributed by atoms with Crippen molar-refractivity contribution in [2.75, 3.05) is 6.26 Å². The molecule has 2 heteroatoms. The van der Waals surface area contributed by atoms with Crippen molar-refractivity contribution in [2.24, 2.45) is 11.7 Å². The monoisotopic (exact) mass is 209 g/mol. The highest BCUT2D eigenvalue weighted by Crippen LogP contribution is 2.23. The normalized spacial score (nSPS) is 15.1. The average Bonchev–Trinajstić information content (AvgIpc) is 2.27. The van der Waals surface area contributed by atoms with Gasteiger partial charge >= 0.3 is 0 Å². The van der Waals surface area contributed by atoms with Crippen LogP contribution in [0, 0.1) is 5.92 Å². The minimum absolute atomic E-state index is 0.177. The minimum atomic E-state index is 0.177. The van der Waals surface area contributed by atoms with E-state index in [2.05, 4.69) is 44.4 Å². The van der Waals surface area contributed by atoms with Gasteiger partial charge in [0.05, 0.1) is 0 Å². The van der Waals surface area contributed by atoms with Crippen LogP contribution in [-0.4, -0.2) is 6.26 Å². The van der Waals surface area contributed by atoms with Crippen LogP contribution in [0.1, 0.15) is 31.9 Å².